The molecule has 2 heteroatoms. The van der Waals surface area contributed by atoms with Gasteiger partial charge in [-0.05, 0) is 43.9 Å². The normalized spacial score (nSPS) is 43.1. The fourth-order valence-corrected chi connectivity index (χ4v) is 3.86. The summed E-state index contributed by atoms with van der Waals surface area (Å²) in [5.74, 6) is 2.79. The van der Waals surface area contributed by atoms with Crippen LogP contribution in [0.3, 0.4) is 0 Å². The van der Waals surface area contributed by atoms with Crippen LogP contribution in [-0.2, 0) is 4.79 Å². The van der Waals surface area contributed by atoms with E-state index in [1.807, 2.05) is 0 Å². The highest BCUT2D eigenvalue weighted by molar-refractivity contribution is 5.82. The first kappa shape index (κ1) is 14.0. The molecule has 0 amide bonds. The number of ketones is 1. The van der Waals surface area contributed by atoms with Crippen LogP contribution in [0.5, 0.6) is 0 Å². The molecule has 104 valence electrons. The average Bonchev–Trinajstić information content (AvgIpc) is 2.28. The number of carbonyl (C=O) groups excluding carboxylic acids is 1. The first-order valence-corrected chi connectivity index (χ1v) is 7.74. The maximum Gasteiger partial charge on any atom is 0.137 e. The van der Waals surface area contributed by atoms with E-state index in [0.29, 0.717) is 29.6 Å². The van der Waals surface area contributed by atoms with Gasteiger partial charge in [0.05, 0.1) is 0 Å². The van der Waals surface area contributed by atoms with Gasteiger partial charge in [-0.2, -0.15) is 0 Å². The monoisotopic (exact) mass is 251 g/mol. The second-order valence-electron chi connectivity index (χ2n) is 7.08. The molecular formula is C16H29NO. The fourth-order valence-electron chi connectivity index (χ4n) is 3.86. The first-order chi connectivity index (χ1) is 8.47. The van der Waals surface area contributed by atoms with Gasteiger partial charge in [-0.3, -0.25) is 9.69 Å². The van der Waals surface area contributed by atoms with Crippen molar-refractivity contribution in [2.45, 2.75) is 59.4 Å². The Balaban J connectivity index is 1.97. The van der Waals surface area contributed by atoms with Gasteiger partial charge >= 0.3 is 0 Å². The summed E-state index contributed by atoms with van der Waals surface area (Å²) in [6, 6.07) is 0.667. The molecule has 2 nitrogen and oxygen atoms in total. The van der Waals surface area contributed by atoms with Crippen LogP contribution in [0.25, 0.3) is 0 Å². The molecule has 0 bridgehead atoms. The number of likely N-dealkylation sites (tertiary alicyclic amines) is 1. The highest BCUT2D eigenvalue weighted by atomic mass is 16.1. The lowest BCUT2D eigenvalue weighted by atomic mass is 9.74. The maximum atomic E-state index is 12.3. The molecule has 5 atom stereocenters. The van der Waals surface area contributed by atoms with Crippen molar-refractivity contribution in [2.75, 3.05) is 13.1 Å². The summed E-state index contributed by atoms with van der Waals surface area (Å²) in [4.78, 5) is 14.8. The van der Waals surface area contributed by atoms with Crippen molar-refractivity contribution in [3.63, 3.8) is 0 Å². The molecule has 1 saturated carbocycles. The molecule has 2 aliphatic rings. The fraction of sp³-hybridized carbons (Fsp3) is 0.938. The topological polar surface area (TPSA) is 20.3 Å². The van der Waals surface area contributed by atoms with Crippen LogP contribution < -0.4 is 0 Å². The third-order valence-corrected chi connectivity index (χ3v) is 5.10. The number of piperidine rings is 1. The molecule has 18 heavy (non-hydrogen) atoms. The van der Waals surface area contributed by atoms with E-state index in [9.17, 15) is 4.79 Å². The Labute approximate surface area is 112 Å². The summed E-state index contributed by atoms with van der Waals surface area (Å²) in [6.45, 7) is 11.4. The van der Waals surface area contributed by atoms with Crippen molar-refractivity contribution in [1.29, 1.82) is 0 Å². The third kappa shape index (κ3) is 3.14. The number of carbonyl (C=O) groups is 1. The number of Topliss-reactive ketones (excluding diaryl/α,β-unsaturated/α-hetero) is 1. The van der Waals surface area contributed by atoms with Gasteiger partial charge in [0.15, 0.2) is 0 Å². The van der Waals surface area contributed by atoms with Crippen molar-refractivity contribution in [1.82, 2.24) is 4.90 Å². The molecular weight excluding hydrogens is 222 g/mol. The van der Waals surface area contributed by atoms with E-state index in [1.54, 1.807) is 0 Å². The van der Waals surface area contributed by atoms with Gasteiger partial charge in [0, 0.05) is 31.5 Å². The lowest BCUT2D eigenvalue weighted by Gasteiger charge is -2.41. The van der Waals surface area contributed by atoms with Gasteiger partial charge in [0.1, 0.15) is 5.78 Å². The third-order valence-electron chi connectivity index (χ3n) is 5.10. The van der Waals surface area contributed by atoms with Gasteiger partial charge in [0.25, 0.3) is 0 Å². The van der Waals surface area contributed by atoms with Gasteiger partial charge in [-0.15, -0.1) is 0 Å². The molecule has 1 aliphatic carbocycles. The minimum absolute atomic E-state index is 0.300. The second kappa shape index (κ2) is 5.73. The number of hydrogen-bond acceptors (Lipinski definition) is 2. The van der Waals surface area contributed by atoms with Crippen molar-refractivity contribution >= 4 is 5.78 Å². The summed E-state index contributed by atoms with van der Waals surface area (Å²) in [5, 5.41) is 0. The number of nitrogens with zero attached hydrogens (tertiary/aromatic N) is 1. The molecule has 0 aromatic rings. The van der Waals surface area contributed by atoms with E-state index < -0.39 is 0 Å². The van der Waals surface area contributed by atoms with E-state index >= 15 is 0 Å². The molecule has 5 unspecified atom stereocenters. The lowest BCUT2D eigenvalue weighted by Crippen LogP contribution is -2.47. The zero-order chi connectivity index (χ0) is 13.3. The van der Waals surface area contributed by atoms with Crippen LogP contribution in [0.15, 0.2) is 0 Å². The Kier molecular flexibility index (Phi) is 4.47. The molecule has 0 radical (unpaired) electrons. The van der Waals surface area contributed by atoms with E-state index in [2.05, 4.69) is 32.6 Å². The molecule has 0 spiro atoms. The Hall–Kier alpha value is -0.370. The molecule has 0 aromatic carbocycles. The Morgan fingerprint density at radius 1 is 1.11 bits per heavy atom. The SMILES string of the molecule is CC1CC(=O)C(CN2CC(C)CCC2C)C(C)C1. The number of hydrogen-bond donors (Lipinski definition) is 0. The first-order valence-electron chi connectivity index (χ1n) is 7.74. The predicted octanol–water partition coefficient (Wildman–Crippen LogP) is 3.36. The van der Waals surface area contributed by atoms with E-state index in [4.69, 9.17) is 0 Å². The summed E-state index contributed by atoms with van der Waals surface area (Å²) in [6.07, 6.45) is 4.69. The highest BCUT2D eigenvalue weighted by Gasteiger charge is 2.35. The Bertz CT molecular complexity index is 301. The van der Waals surface area contributed by atoms with E-state index in [-0.39, 0.29) is 0 Å². The molecule has 0 N–H and O–H groups in total. The van der Waals surface area contributed by atoms with E-state index in [0.717, 1.165) is 18.9 Å². The smallest absolute Gasteiger partial charge is 0.137 e. The van der Waals surface area contributed by atoms with Crippen LogP contribution in [-0.4, -0.2) is 29.8 Å². The highest BCUT2D eigenvalue weighted by Crippen LogP contribution is 2.33. The molecule has 1 heterocycles. The van der Waals surface area contributed by atoms with Crippen molar-refractivity contribution < 1.29 is 4.79 Å². The lowest BCUT2D eigenvalue weighted by molar-refractivity contribution is -0.129. The zero-order valence-corrected chi connectivity index (χ0v) is 12.5. The van der Waals surface area contributed by atoms with Crippen LogP contribution >= 0.6 is 0 Å². The molecule has 2 rings (SSSR count). The summed E-state index contributed by atoms with van der Waals surface area (Å²) < 4.78 is 0. The zero-order valence-electron chi connectivity index (χ0n) is 12.5. The largest absolute Gasteiger partial charge is 0.300 e. The molecule has 1 aliphatic heterocycles. The van der Waals surface area contributed by atoms with Crippen LogP contribution in [0.2, 0.25) is 0 Å². The van der Waals surface area contributed by atoms with Crippen molar-refractivity contribution in [2.24, 2.45) is 23.7 Å². The van der Waals surface area contributed by atoms with Crippen molar-refractivity contribution in [3.05, 3.63) is 0 Å². The minimum Gasteiger partial charge on any atom is -0.300 e. The quantitative estimate of drug-likeness (QED) is 0.750. The molecule has 0 aromatic heterocycles. The van der Waals surface area contributed by atoms with E-state index in [1.165, 1.54) is 25.8 Å². The molecule has 2 fully saturated rings. The standard InChI is InChI=1S/C16H29NO/c1-11-5-6-14(4)17(9-11)10-15-13(3)7-12(2)8-16(15)18/h11-15H,5-10H2,1-4H3. The second-order valence-corrected chi connectivity index (χ2v) is 7.08. The van der Waals surface area contributed by atoms with Gasteiger partial charge in [-0.1, -0.05) is 20.8 Å². The van der Waals surface area contributed by atoms with Gasteiger partial charge in [-0.25, -0.2) is 0 Å². The predicted molar refractivity (Wildman–Crippen MR) is 75.5 cm³/mol. The van der Waals surface area contributed by atoms with Crippen LogP contribution in [0, 0.1) is 23.7 Å². The summed E-state index contributed by atoms with van der Waals surface area (Å²) >= 11 is 0. The summed E-state index contributed by atoms with van der Waals surface area (Å²) in [7, 11) is 0. The Morgan fingerprint density at radius 3 is 2.50 bits per heavy atom. The van der Waals surface area contributed by atoms with Crippen molar-refractivity contribution in [3.8, 4) is 0 Å². The van der Waals surface area contributed by atoms with Crippen LogP contribution in [0.1, 0.15) is 53.4 Å². The van der Waals surface area contributed by atoms with Gasteiger partial charge < -0.3 is 0 Å². The van der Waals surface area contributed by atoms with Crippen LogP contribution in [0.4, 0.5) is 0 Å². The van der Waals surface area contributed by atoms with Gasteiger partial charge in [0.2, 0.25) is 0 Å². The maximum absolute atomic E-state index is 12.3. The summed E-state index contributed by atoms with van der Waals surface area (Å²) in [5.41, 5.74) is 0. The molecule has 1 saturated heterocycles. The number of rotatable bonds is 2. The average molecular weight is 251 g/mol. The minimum atomic E-state index is 0.300. The Morgan fingerprint density at radius 2 is 1.83 bits per heavy atom.